The highest BCUT2D eigenvalue weighted by Gasteiger charge is 2.54. The lowest BCUT2D eigenvalue weighted by Gasteiger charge is -2.55. The molecule has 0 radical (unpaired) electrons. The Kier molecular flexibility index (Phi) is 7.34. The zero-order valence-corrected chi connectivity index (χ0v) is 20.0. The molecule has 4 aliphatic rings. The van der Waals surface area contributed by atoms with Crippen molar-refractivity contribution in [1.82, 2.24) is 15.1 Å². The molecule has 0 atom stereocenters. The minimum atomic E-state index is -0.584. The first-order chi connectivity index (χ1) is 14.5. The maximum absolute atomic E-state index is 13.1. The second kappa shape index (κ2) is 9.47. The van der Waals surface area contributed by atoms with Crippen LogP contribution >= 0.6 is 0 Å². The predicted molar refractivity (Wildman–Crippen MR) is 119 cm³/mol. The molecule has 4 rings (SSSR count). The van der Waals surface area contributed by atoms with Crippen molar-refractivity contribution in [2.45, 2.75) is 71.3 Å². The van der Waals surface area contributed by atoms with Crippen LogP contribution in [0.2, 0.25) is 0 Å². The fraction of sp³-hybridized carbons (Fsp3) is 0.875. The molecule has 4 fully saturated rings. The molecule has 0 heterocycles. The lowest BCUT2D eigenvalue weighted by atomic mass is 9.49. The molecule has 31 heavy (non-hydrogen) atoms. The maximum Gasteiger partial charge on any atom is 0.326 e. The van der Waals surface area contributed by atoms with Crippen molar-refractivity contribution in [3.8, 4) is 0 Å². The Morgan fingerprint density at radius 2 is 1.52 bits per heavy atom. The number of carbonyl (C=O) groups is 3. The number of carbonyl (C=O) groups excluding carboxylic acids is 3. The van der Waals surface area contributed by atoms with Gasteiger partial charge in [0.2, 0.25) is 11.8 Å². The zero-order valence-electron chi connectivity index (χ0n) is 20.0. The van der Waals surface area contributed by atoms with E-state index < -0.39 is 11.6 Å². The first-order valence-electron chi connectivity index (χ1n) is 11.9. The van der Waals surface area contributed by atoms with E-state index in [1.54, 1.807) is 4.90 Å². The van der Waals surface area contributed by atoms with Crippen molar-refractivity contribution >= 4 is 17.8 Å². The highest BCUT2D eigenvalue weighted by atomic mass is 16.6. The van der Waals surface area contributed by atoms with E-state index in [9.17, 15) is 14.4 Å². The number of nitrogens with zero attached hydrogens (tertiary/aromatic N) is 2. The van der Waals surface area contributed by atoms with Gasteiger partial charge < -0.3 is 19.9 Å². The lowest BCUT2D eigenvalue weighted by Crippen LogP contribution is -2.54. The Balaban J connectivity index is 1.50. The predicted octanol–water partition coefficient (Wildman–Crippen LogP) is 2.44. The molecule has 0 unspecified atom stereocenters. The molecule has 0 aliphatic heterocycles. The van der Waals surface area contributed by atoms with Gasteiger partial charge in [0, 0.05) is 31.5 Å². The van der Waals surface area contributed by atoms with Crippen LogP contribution in [0.1, 0.15) is 65.7 Å². The maximum atomic E-state index is 13.1. The summed E-state index contributed by atoms with van der Waals surface area (Å²) in [5.74, 6) is 1.76. The van der Waals surface area contributed by atoms with Gasteiger partial charge in [-0.1, -0.05) is 0 Å². The summed E-state index contributed by atoms with van der Waals surface area (Å²) in [6.07, 6.45) is 7.17. The van der Waals surface area contributed by atoms with Gasteiger partial charge in [0.25, 0.3) is 0 Å². The Labute approximate surface area is 187 Å². The normalized spacial score (nSPS) is 29.2. The van der Waals surface area contributed by atoms with E-state index in [0.29, 0.717) is 37.4 Å². The molecular weight excluding hydrogens is 394 g/mol. The molecule has 0 aromatic rings. The zero-order chi connectivity index (χ0) is 22.8. The summed E-state index contributed by atoms with van der Waals surface area (Å²) in [7, 11) is 3.86. The summed E-state index contributed by atoms with van der Waals surface area (Å²) in [4.78, 5) is 41.7. The fourth-order valence-corrected chi connectivity index (χ4v) is 6.16. The van der Waals surface area contributed by atoms with Crippen LogP contribution in [0, 0.1) is 23.2 Å². The molecule has 0 spiro atoms. The van der Waals surface area contributed by atoms with Crippen LogP contribution in [0.3, 0.4) is 0 Å². The van der Waals surface area contributed by atoms with Gasteiger partial charge in [0.15, 0.2) is 0 Å². The summed E-state index contributed by atoms with van der Waals surface area (Å²) in [6, 6.07) is 0. The quantitative estimate of drug-likeness (QED) is 0.563. The summed E-state index contributed by atoms with van der Waals surface area (Å²) in [6.45, 7) is 6.83. The Morgan fingerprint density at radius 3 is 2.00 bits per heavy atom. The number of ether oxygens (including phenoxy) is 1. The number of hydrogen-bond donors (Lipinski definition) is 1. The summed E-state index contributed by atoms with van der Waals surface area (Å²) in [5, 5.41) is 3.07. The molecule has 4 bridgehead atoms. The van der Waals surface area contributed by atoms with Crippen LogP contribution < -0.4 is 5.32 Å². The van der Waals surface area contributed by atoms with Crippen molar-refractivity contribution in [3.05, 3.63) is 0 Å². The number of rotatable bonds is 9. The molecule has 4 aliphatic carbocycles. The molecular formula is C24H41N3O4. The molecule has 176 valence electrons. The van der Waals surface area contributed by atoms with Crippen LogP contribution in [0.4, 0.5) is 0 Å². The van der Waals surface area contributed by atoms with Crippen LogP contribution in [0.15, 0.2) is 0 Å². The largest absolute Gasteiger partial charge is 0.459 e. The minimum Gasteiger partial charge on any atom is -0.459 e. The highest BCUT2D eigenvalue weighted by molar-refractivity contribution is 5.85. The summed E-state index contributed by atoms with van der Waals surface area (Å²) in [5.41, 5.74) is -0.780. The second-order valence-electron chi connectivity index (χ2n) is 11.4. The molecule has 7 heteroatoms. The molecule has 0 aromatic heterocycles. The second-order valence-corrected chi connectivity index (χ2v) is 11.4. The standard InChI is InChI=1S/C24H41N3O4/c1-23(2,3)31-21(29)16-27(9-8-26(4)5)20(28)6-7-25-22(30)24-13-17-10-18(14-24)12-19(11-17)15-24/h17-19H,6-16H2,1-5H3,(H,25,30). The highest BCUT2D eigenvalue weighted by Crippen LogP contribution is 2.60. The van der Waals surface area contributed by atoms with E-state index in [1.807, 2.05) is 39.8 Å². The van der Waals surface area contributed by atoms with E-state index >= 15 is 0 Å². The third-order valence-corrected chi connectivity index (χ3v) is 7.05. The van der Waals surface area contributed by atoms with Gasteiger partial charge in [0.05, 0.1) is 0 Å². The van der Waals surface area contributed by atoms with Crippen molar-refractivity contribution in [1.29, 1.82) is 0 Å². The van der Waals surface area contributed by atoms with Crippen LogP contribution in [0.25, 0.3) is 0 Å². The van der Waals surface area contributed by atoms with Crippen LogP contribution in [0.5, 0.6) is 0 Å². The number of amides is 2. The van der Waals surface area contributed by atoms with Crippen LogP contribution in [-0.4, -0.2) is 73.5 Å². The van der Waals surface area contributed by atoms with E-state index in [0.717, 1.165) is 19.3 Å². The van der Waals surface area contributed by atoms with Crippen molar-refractivity contribution < 1.29 is 19.1 Å². The van der Waals surface area contributed by atoms with Gasteiger partial charge in [0.1, 0.15) is 12.1 Å². The fourth-order valence-electron chi connectivity index (χ4n) is 6.16. The van der Waals surface area contributed by atoms with Crippen LogP contribution in [-0.2, 0) is 19.1 Å². The van der Waals surface area contributed by atoms with Crippen molar-refractivity contribution in [2.24, 2.45) is 23.2 Å². The Bertz CT molecular complexity index is 648. The third kappa shape index (κ3) is 6.43. The summed E-state index contributed by atoms with van der Waals surface area (Å²) >= 11 is 0. The Hall–Kier alpha value is -1.63. The minimum absolute atomic E-state index is 0.0626. The number of likely N-dealkylation sites (N-methyl/N-ethyl adjacent to an activating group) is 1. The number of hydrogen-bond acceptors (Lipinski definition) is 5. The smallest absolute Gasteiger partial charge is 0.326 e. The Morgan fingerprint density at radius 1 is 0.968 bits per heavy atom. The first kappa shape index (κ1) is 24.0. The van der Waals surface area contributed by atoms with Crippen molar-refractivity contribution in [2.75, 3.05) is 40.3 Å². The lowest BCUT2D eigenvalue weighted by molar-refractivity contribution is -0.159. The molecule has 0 saturated heterocycles. The average molecular weight is 436 g/mol. The van der Waals surface area contributed by atoms with E-state index in [2.05, 4.69) is 5.32 Å². The van der Waals surface area contributed by atoms with Gasteiger partial charge in [-0.15, -0.1) is 0 Å². The van der Waals surface area contributed by atoms with Gasteiger partial charge >= 0.3 is 5.97 Å². The summed E-state index contributed by atoms with van der Waals surface area (Å²) < 4.78 is 5.39. The topological polar surface area (TPSA) is 79.0 Å². The number of esters is 1. The molecule has 1 N–H and O–H groups in total. The van der Waals surface area contributed by atoms with Gasteiger partial charge in [-0.2, -0.15) is 0 Å². The van der Waals surface area contributed by atoms with Gasteiger partial charge in [-0.3, -0.25) is 14.4 Å². The van der Waals surface area contributed by atoms with Gasteiger partial charge in [-0.25, -0.2) is 0 Å². The molecule has 0 aromatic carbocycles. The number of nitrogens with one attached hydrogen (secondary N) is 1. The SMILES string of the molecule is CN(C)CCN(CC(=O)OC(C)(C)C)C(=O)CCNC(=O)C12CC3CC(CC(C3)C1)C2. The molecule has 7 nitrogen and oxygen atoms in total. The average Bonchev–Trinajstić information content (AvgIpc) is 2.62. The van der Waals surface area contributed by atoms with E-state index in [1.165, 1.54) is 19.3 Å². The third-order valence-electron chi connectivity index (χ3n) is 7.05. The first-order valence-corrected chi connectivity index (χ1v) is 11.9. The van der Waals surface area contributed by atoms with Gasteiger partial charge in [-0.05, 0) is 91.1 Å². The molecule has 4 saturated carbocycles. The van der Waals surface area contributed by atoms with E-state index in [-0.39, 0.29) is 30.2 Å². The monoisotopic (exact) mass is 435 g/mol. The van der Waals surface area contributed by atoms with E-state index in [4.69, 9.17) is 4.74 Å². The van der Waals surface area contributed by atoms with Crippen molar-refractivity contribution in [3.63, 3.8) is 0 Å². The molecule has 2 amide bonds.